The van der Waals surface area contributed by atoms with Gasteiger partial charge in [0, 0.05) is 34.3 Å². The van der Waals surface area contributed by atoms with Gasteiger partial charge < -0.3 is 4.57 Å². The van der Waals surface area contributed by atoms with Crippen LogP contribution in [0.5, 0.6) is 0 Å². The van der Waals surface area contributed by atoms with Crippen LogP contribution < -0.4 is 4.57 Å². The van der Waals surface area contributed by atoms with E-state index in [9.17, 15) is 0 Å². The van der Waals surface area contributed by atoms with Crippen LogP contribution in [-0.4, -0.2) is 9.13 Å². The highest BCUT2D eigenvalue weighted by atomic mass is 15.2. The summed E-state index contributed by atoms with van der Waals surface area (Å²) in [4.78, 5) is 0. The van der Waals surface area contributed by atoms with Crippen molar-refractivity contribution < 1.29 is 4.57 Å². The predicted octanol–water partition coefficient (Wildman–Crippen LogP) is 12.1. The summed E-state index contributed by atoms with van der Waals surface area (Å²) < 4.78 is 8.14. The van der Waals surface area contributed by atoms with Gasteiger partial charge in [0.15, 0.2) is 16.7 Å². The van der Waals surface area contributed by atoms with E-state index in [-0.39, 0.29) is 11.0 Å². The number of benzene rings is 4. The molecule has 2 unspecified atom stereocenters. The van der Waals surface area contributed by atoms with E-state index in [1.807, 2.05) is 0 Å². The molecular weight excluding hydrogens is 595 g/mol. The molecule has 3 nitrogen and oxygen atoms in total. The molecule has 3 heteroatoms. The molecule has 2 atom stereocenters. The van der Waals surface area contributed by atoms with Crippen LogP contribution in [0.3, 0.4) is 0 Å². The first-order valence-electron chi connectivity index (χ1n) is 19.6. The van der Waals surface area contributed by atoms with Crippen LogP contribution in [0.1, 0.15) is 133 Å². The molecule has 3 aliphatic rings. The highest BCUT2D eigenvalue weighted by Crippen LogP contribution is 2.53. The van der Waals surface area contributed by atoms with E-state index in [0.717, 1.165) is 12.8 Å². The van der Waals surface area contributed by atoms with E-state index in [1.165, 1.54) is 120 Å². The predicted molar refractivity (Wildman–Crippen MR) is 206 cm³/mol. The van der Waals surface area contributed by atoms with Crippen LogP contribution in [0, 0.1) is 0 Å². The number of rotatable bonds is 5. The summed E-state index contributed by atoms with van der Waals surface area (Å²) in [7, 11) is 2.35. The lowest BCUT2D eigenvalue weighted by Crippen LogP contribution is -2.67. The maximum absolute atomic E-state index is 2.79. The summed E-state index contributed by atoms with van der Waals surface area (Å²) in [5.41, 5.74) is 12.9. The van der Waals surface area contributed by atoms with Crippen LogP contribution in [0.15, 0.2) is 78.9 Å². The van der Waals surface area contributed by atoms with Gasteiger partial charge in [-0.2, -0.15) is 4.57 Å². The Kier molecular flexibility index (Phi) is 7.38. The number of para-hydroxylation sites is 3. The second-order valence-corrected chi connectivity index (χ2v) is 16.2. The van der Waals surface area contributed by atoms with Crippen molar-refractivity contribution in [3.05, 3.63) is 95.6 Å². The Labute approximate surface area is 293 Å². The van der Waals surface area contributed by atoms with Crippen LogP contribution in [0.4, 0.5) is 0 Å². The van der Waals surface area contributed by atoms with Crippen molar-refractivity contribution in [2.75, 3.05) is 0 Å². The van der Waals surface area contributed by atoms with Gasteiger partial charge >= 0.3 is 0 Å². The van der Waals surface area contributed by atoms with Crippen molar-refractivity contribution in [1.82, 2.24) is 9.13 Å². The first-order chi connectivity index (χ1) is 23.9. The Morgan fingerprint density at radius 2 is 1.31 bits per heavy atom. The summed E-state index contributed by atoms with van der Waals surface area (Å²) >= 11 is 0. The monoisotopic (exact) mass is 648 g/mol. The van der Waals surface area contributed by atoms with Crippen molar-refractivity contribution in [2.45, 2.75) is 128 Å². The third-order valence-electron chi connectivity index (χ3n) is 14.1. The molecule has 2 aliphatic carbocycles. The highest BCUT2D eigenvalue weighted by molar-refractivity contribution is 6.13. The molecule has 0 radical (unpaired) electrons. The molecule has 0 N–H and O–H groups in total. The number of aryl methyl sites for hydroxylation is 1. The van der Waals surface area contributed by atoms with Gasteiger partial charge in [0.1, 0.15) is 5.54 Å². The zero-order valence-corrected chi connectivity index (χ0v) is 30.5. The number of nitrogens with zero attached hydrogens (tertiary/aromatic N) is 3. The zero-order chi connectivity index (χ0) is 33.5. The molecule has 0 saturated heterocycles. The Balaban J connectivity index is 1.50. The van der Waals surface area contributed by atoms with Gasteiger partial charge in [0.05, 0.1) is 11.1 Å². The summed E-state index contributed by atoms with van der Waals surface area (Å²) in [5, 5.41) is 2.93. The molecule has 2 aromatic heterocycles. The van der Waals surface area contributed by atoms with Crippen LogP contribution >= 0.6 is 0 Å². The minimum atomic E-state index is -0.0959. The van der Waals surface area contributed by atoms with Crippen molar-refractivity contribution >= 4 is 32.8 Å². The Bertz CT molecular complexity index is 2220. The van der Waals surface area contributed by atoms with Gasteiger partial charge in [-0.1, -0.05) is 114 Å². The van der Waals surface area contributed by atoms with Crippen molar-refractivity contribution in [3.8, 4) is 17.1 Å². The SMILES string of the molecule is CCC1(C)c2ccccc2-c2n(-c3c(C4CCCCC4)cc(C4CCCCC4)c4c5ccccc5n(C)c34)c3ccccc3[n+]2C1(C)CC. The molecule has 9 rings (SSSR count). The third kappa shape index (κ3) is 4.23. The van der Waals surface area contributed by atoms with Crippen molar-refractivity contribution in [3.63, 3.8) is 0 Å². The maximum Gasteiger partial charge on any atom is 0.295 e. The summed E-state index contributed by atoms with van der Waals surface area (Å²) in [6.45, 7) is 9.90. The summed E-state index contributed by atoms with van der Waals surface area (Å²) in [6, 6.07) is 30.8. The molecule has 4 aromatic carbocycles. The van der Waals surface area contributed by atoms with Gasteiger partial charge in [0.2, 0.25) is 0 Å². The second-order valence-electron chi connectivity index (χ2n) is 16.2. The van der Waals surface area contributed by atoms with E-state index >= 15 is 0 Å². The van der Waals surface area contributed by atoms with Gasteiger partial charge in [-0.05, 0) is 92.7 Å². The first kappa shape index (κ1) is 31.2. The van der Waals surface area contributed by atoms with E-state index in [1.54, 1.807) is 11.1 Å². The van der Waals surface area contributed by atoms with Gasteiger partial charge in [0.25, 0.3) is 5.82 Å². The quantitative estimate of drug-likeness (QED) is 0.165. The smallest absolute Gasteiger partial charge is 0.295 e. The molecule has 1 aliphatic heterocycles. The van der Waals surface area contributed by atoms with Gasteiger partial charge in [-0.15, -0.1) is 0 Å². The first-order valence-corrected chi connectivity index (χ1v) is 19.6. The van der Waals surface area contributed by atoms with Crippen LogP contribution in [0.25, 0.3) is 49.9 Å². The molecule has 0 bridgehead atoms. The number of hydrogen-bond donors (Lipinski definition) is 0. The summed E-state index contributed by atoms with van der Waals surface area (Å²) in [6.07, 6.45) is 15.5. The third-order valence-corrected chi connectivity index (χ3v) is 14.1. The Morgan fingerprint density at radius 1 is 0.694 bits per heavy atom. The van der Waals surface area contributed by atoms with Gasteiger partial charge in [-0.3, -0.25) is 0 Å². The normalized spacial score (nSPS) is 23.4. The molecule has 0 spiro atoms. The highest BCUT2D eigenvalue weighted by Gasteiger charge is 2.56. The molecule has 2 fully saturated rings. The van der Waals surface area contributed by atoms with E-state index in [2.05, 4.69) is 127 Å². The van der Waals surface area contributed by atoms with Gasteiger partial charge in [-0.25, -0.2) is 4.57 Å². The van der Waals surface area contributed by atoms with E-state index in [4.69, 9.17) is 0 Å². The van der Waals surface area contributed by atoms with Crippen molar-refractivity contribution in [1.29, 1.82) is 0 Å². The van der Waals surface area contributed by atoms with E-state index < -0.39 is 0 Å². The fourth-order valence-corrected chi connectivity index (χ4v) is 11.1. The maximum atomic E-state index is 2.79. The summed E-state index contributed by atoms with van der Waals surface area (Å²) in [5.74, 6) is 2.58. The second kappa shape index (κ2) is 11.6. The van der Waals surface area contributed by atoms with Crippen LogP contribution in [-0.2, 0) is 18.0 Å². The molecule has 252 valence electrons. The fraction of sp³-hybridized carbons (Fsp3) is 0.457. The number of imidazole rings is 1. The topological polar surface area (TPSA) is 13.7 Å². The minimum absolute atomic E-state index is 0.00300. The molecule has 3 heterocycles. The standard InChI is InChI=1S/C46H54N3/c1-6-45(3)37-26-16-14-24-33(37)44-48(39-28-18-19-29-40(39)49(44)46(45,4)7-2)42-36(32-22-12-9-13-23-32)30-35(31-20-10-8-11-21-31)41-34-25-15-17-27-38(34)47(5)43(41)42/h14-19,24-32H,6-13,20-23H2,1-5H3/q+1. The number of aromatic nitrogens is 3. The fourth-order valence-electron chi connectivity index (χ4n) is 11.1. The van der Waals surface area contributed by atoms with Crippen LogP contribution in [0.2, 0.25) is 0 Å². The lowest BCUT2D eigenvalue weighted by atomic mass is 9.61. The average Bonchev–Trinajstić information content (AvgIpc) is 3.67. The van der Waals surface area contributed by atoms with E-state index in [0.29, 0.717) is 11.8 Å². The number of hydrogen-bond acceptors (Lipinski definition) is 0. The number of fused-ring (bicyclic) bond motifs is 8. The molecular formula is C46H54N3+. The Morgan fingerprint density at radius 3 is 2.00 bits per heavy atom. The van der Waals surface area contributed by atoms with Crippen molar-refractivity contribution in [2.24, 2.45) is 7.05 Å². The molecule has 49 heavy (non-hydrogen) atoms. The lowest BCUT2D eigenvalue weighted by Gasteiger charge is -2.47. The molecule has 6 aromatic rings. The molecule has 0 amide bonds. The average molecular weight is 649 g/mol. The molecule has 2 saturated carbocycles. The minimum Gasteiger partial charge on any atom is -0.340 e. The lowest BCUT2D eigenvalue weighted by molar-refractivity contribution is -0.743. The Hall–Kier alpha value is -3.85. The zero-order valence-electron chi connectivity index (χ0n) is 30.5. The largest absolute Gasteiger partial charge is 0.340 e.